The lowest BCUT2D eigenvalue weighted by molar-refractivity contribution is -0.147. The maximum absolute atomic E-state index is 12.6. The minimum absolute atomic E-state index is 0.000203. The lowest BCUT2D eigenvalue weighted by atomic mass is 9.97. The number of rotatable bonds is 5. The van der Waals surface area contributed by atoms with Crippen molar-refractivity contribution in [2.75, 3.05) is 13.2 Å². The second-order valence-corrected chi connectivity index (χ2v) is 5.85. The second-order valence-electron chi connectivity index (χ2n) is 5.85. The van der Waals surface area contributed by atoms with Crippen LogP contribution in [0.3, 0.4) is 0 Å². The van der Waals surface area contributed by atoms with Crippen LogP contribution >= 0.6 is 0 Å². The van der Waals surface area contributed by atoms with Gasteiger partial charge in [-0.2, -0.15) is 4.98 Å². The topological polar surface area (TPSA) is 103 Å². The number of imidazole rings is 1. The molecule has 0 fully saturated rings. The third kappa shape index (κ3) is 3.40. The molecule has 0 aliphatic carbocycles. The number of esters is 1. The Kier molecular flexibility index (Phi) is 4.82. The van der Waals surface area contributed by atoms with Gasteiger partial charge < -0.3 is 18.7 Å². The van der Waals surface area contributed by atoms with Crippen molar-refractivity contribution in [3.8, 4) is 0 Å². The Labute approximate surface area is 145 Å². The fraction of sp³-hybridized carbons (Fsp3) is 0.562. The molecule has 1 aliphatic heterocycles. The Morgan fingerprint density at radius 1 is 1.40 bits per heavy atom. The number of hydrogen-bond donors (Lipinski definition) is 0. The summed E-state index contributed by atoms with van der Waals surface area (Å²) in [5.41, 5.74) is 1.56. The molecule has 1 atom stereocenters. The van der Waals surface area contributed by atoms with Gasteiger partial charge in [0.15, 0.2) is 5.82 Å². The Morgan fingerprint density at radius 2 is 2.20 bits per heavy atom. The molecule has 0 aromatic carbocycles. The van der Waals surface area contributed by atoms with E-state index in [1.165, 1.54) is 0 Å². The summed E-state index contributed by atoms with van der Waals surface area (Å²) >= 11 is 0. The van der Waals surface area contributed by atoms with E-state index in [1.54, 1.807) is 25.1 Å². The Morgan fingerprint density at radius 3 is 2.84 bits per heavy atom. The molecule has 9 nitrogen and oxygen atoms in total. The van der Waals surface area contributed by atoms with E-state index in [-0.39, 0.29) is 30.7 Å². The van der Waals surface area contributed by atoms with Crippen LogP contribution in [0.4, 0.5) is 0 Å². The summed E-state index contributed by atoms with van der Waals surface area (Å²) in [6.07, 6.45) is 1.70. The average molecular weight is 347 g/mol. The molecule has 0 radical (unpaired) electrons. The van der Waals surface area contributed by atoms with Gasteiger partial charge in [0.25, 0.3) is 0 Å². The highest BCUT2D eigenvalue weighted by molar-refractivity contribution is 5.82. The van der Waals surface area contributed by atoms with E-state index in [4.69, 9.17) is 9.26 Å². The molecule has 0 saturated heterocycles. The maximum Gasteiger partial charge on any atom is 0.316 e. The minimum atomic E-state index is -0.542. The van der Waals surface area contributed by atoms with Gasteiger partial charge in [0, 0.05) is 13.1 Å². The van der Waals surface area contributed by atoms with Crippen molar-refractivity contribution in [2.24, 2.45) is 0 Å². The van der Waals surface area contributed by atoms with E-state index >= 15 is 0 Å². The molecule has 0 saturated carbocycles. The first-order chi connectivity index (χ1) is 12.0. The van der Waals surface area contributed by atoms with Crippen LogP contribution in [-0.2, 0) is 33.8 Å². The van der Waals surface area contributed by atoms with Gasteiger partial charge in [-0.15, -0.1) is 0 Å². The first kappa shape index (κ1) is 17.1. The van der Waals surface area contributed by atoms with E-state index < -0.39 is 5.92 Å². The van der Waals surface area contributed by atoms with Gasteiger partial charge in [-0.05, 0) is 20.8 Å². The van der Waals surface area contributed by atoms with Crippen molar-refractivity contribution in [2.45, 2.75) is 46.2 Å². The van der Waals surface area contributed by atoms with Crippen molar-refractivity contribution < 1.29 is 18.8 Å². The molecule has 0 spiro atoms. The van der Waals surface area contributed by atoms with Crippen molar-refractivity contribution in [1.82, 2.24) is 24.6 Å². The summed E-state index contributed by atoms with van der Waals surface area (Å²) in [5.74, 6) is -0.325. The molecule has 25 heavy (non-hydrogen) atoms. The highest BCUT2D eigenvalue weighted by atomic mass is 16.5. The fourth-order valence-electron chi connectivity index (χ4n) is 3.03. The van der Waals surface area contributed by atoms with Crippen molar-refractivity contribution in [3.05, 3.63) is 29.4 Å². The van der Waals surface area contributed by atoms with E-state index in [2.05, 4.69) is 15.1 Å². The van der Waals surface area contributed by atoms with Crippen LogP contribution in [-0.4, -0.2) is 49.6 Å². The predicted molar refractivity (Wildman–Crippen MR) is 85.4 cm³/mol. The summed E-state index contributed by atoms with van der Waals surface area (Å²) in [7, 11) is 0. The lowest BCUT2D eigenvalue weighted by Gasteiger charge is -2.31. The number of carbonyl (C=O) groups excluding carboxylic acids is 2. The molecule has 0 N–H and O–H groups in total. The van der Waals surface area contributed by atoms with Gasteiger partial charge in [0.2, 0.25) is 11.8 Å². The highest BCUT2D eigenvalue weighted by Crippen LogP contribution is 2.29. The third-order valence-electron chi connectivity index (χ3n) is 4.17. The Hall–Kier alpha value is -2.71. The molecular weight excluding hydrogens is 326 g/mol. The van der Waals surface area contributed by atoms with Crippen LogP contribution in [0.5, 0.6) is 0 Å². The minimum Gasteiger partial charge on any atom is -0.465 e. The fourth-order valence-corrected chi connectivity index (χ4v) is 3.03. The van der Waals surface area contributed by atoms with Gasteiger partial charge >= 0.3 is 5.97 Å². The molecule has 1 aliphatic rings. The number of fused-ring (bicyclic) bond motifs is 1. The largest absolute Gasteiger partial charge is 0.465 e. The SMILES string of the molecule is CCOC(=O)[C@@H]1CN(C(=O)Cc2nc(C)no2)Cc2ncn(CC)c21. The number of aryl methyl sites for hydroxylation is 2. The number of aromatic nitrogens is 4. The van der Waals surface area contributed by atoms with E-state index in [0.29, 0.717) is 25.5 Å². The zero-order chi connectivity index (χ0) is 18.0. The normalized spacial score (nSPS) is 16.6. The van der Waals surface area contributed by atoms with Gasteiger partial charge in [0.05, 0.1) is 30.9 Å². The van der Waals surface area contributed by atoms with Gasteiger partial charge in [0.1, 0.15) is 12.3 Å². The molecule has 9 heteroatoms. The number of ether oxygens (including phenoxy) is 1. The smallest absolute Gasteiger partial charge is 0.316 e. The first-order valence-electron chi connectivity index (χ1n) is 8.30. The van der Waals surface area contributed by atoms with Crippen molar-refractivity contribution in [1.29, 1.82) is 0 Å². The quantitative estimate of drug-likeness (QED) is 0.738. The molecule has 2 aromatic heterocycles. The third-order valence-corrected chi connectivity index (χ3v) is 4.17. The molecule has 1 amide bonds. The zero-order valence-electron chi connectivity index (χ0n) is 14.6. The van der Waals surface area contributed by atoms with Crippen LogP contribution in [0.1, 0.15) is 42.9 Å². The molecule has 0 unspecified atom stereocenters. The second kappa shape index (κ2) is 7.04. The number of hydrogen-bond acceptors (Lipinski definition) is 7. The monoisotopic (exact) mass is 347 g/mol. The van der Waals surface area contributed by atoms with Crippen molar-refractivity contribution >= 4 is 11.9 Å². The summed E-state index contributed by atoms with van der Waals surface area (Å²) < 4.78 is 12.1. The van der Waals surface area contributed by atoms with Crippen LogP contribution in [0.15, 0.2) is 10.9 Å². The lowest BCUT2D eigenvalue weighted by Crippen LogP contribution is -2.42. The van der Waals surface area contributed by atoms with E-state index in [1.807, 2.05) is 11.5 Å². The Bertz CT molecular complexity index is 781. The number of amides is 1. The van der Waals surface area contributed by atoms with Gasteiger partial charge in [-0.25, -0.2) is 4.98 Å². The highest BCUT2D eigenvalue weighted by Gasteiger charge is 2.37. The standard InChI is InChI=1S/C16H21N5O4/c1-4-20-9-17-12-8-21(7-11(15(12)20)16(23)24-5-2)14(22)6-13-18-10(3)19-25-13/h9,11H,4-8H2,1-3H3/t11-/m1/s1. The first-order valence-corrected chi connectivity index (χ1v) is 8.30. The molecule has 3 heterocycles. The zero-order valence-corrected chi connectivity index (χ0v) is 14.6. The predicted octanol–water partition coefficient (Wildman–Crippen LogP) is 0.826. The number of nitrogens with zero attached hydrogens (tertiary/aromatic N) is 5. The average Bonchev–Trinajstić information content (AvgIpc) is 3.19. The molecule has 2 aromatic rings. The van der Waals surface area contributed by atoms with Crippen LogP contribution in [0, 0.1) is 6.92 Å². The molecule has 3 rings (SSSR count). The Balaban J connectivity index is 1.83. The molecular formula is C16H21N5O4. The van der Waals surface area contributed by atoms with Crippen LogP contribution in [0.2, 0.25) is 0 Å². The van der Waals surface area contributed by atoms with Crippen LogP contribution < -0.4 is 0 Å². The summed E-state index contributed by atoms with van der Waals surface area (Å²) in [4.78, 5) is 35.0. The van der Waals surface area contributed by atoms with E-state index in [0.717, 1.165) is 11.4 Å². The number of carbonyl (C=O) groups is 2. The van der Waals surface area contributed by atoms with Crippen molar-refractivity contribution in [3.63, 3.8) is 0 Å². The summed E-state index contributed by atoms with van der Waals surface area (Å²) in [5, 5.41) is 3.69. The van der Waals surface area contributed by atoms with E-state index in [9.17, 15) is 9.59 Å². The maximum atomic E-state index is 12.6. The van der Waals surface area contributed by atoms with Gasteiger partial charge in [-0.1, -0.05) is 5.16 Å². The van der Waals surface area contributed by atoms with Gasteiger partial charge in [-0.3, -0.25) is 9.59 Å². The summed E-state index contributed by atoms with van der Waals surface area (Å²) in [6, 6.07) is 0. The summed E-state index contributed by atoms with van der Waals surface area (Å²) in [6.45, 7) is 7.04. The van der Waals surface area contributed by atoms with Crippen LogP contribution in [0.25, 0.3) is 0 Å². The molecule has 134 valence electrons. The molecule has 0 bridgehead atoms.